The maximum atomic E-state index is 11.6. The van der Waals surface area contributed by atoms with Gasteiger partial charge in [0, 0.05) is 6.42 Å². The molecule has 19 heavy (non-hydrogen) atoms. The highest BCUT2D eigenvalue weighted by atomic mass is 16.4. The lowest BCUT2D eigenvalue weighted by Crippen LogP contribution is -2.23. The van der Waals surface area contributed by atoms with E-state index in [1.807, 2.05) is 30.3 Å². The van der Waals surface area contributed by atoms with Gasteiger partial charge in [0.1, 0.15) is 11.4 Å². The molecular formula is C14H14N2O3. The second-order valence-corrected chi connectivity index (χ2v) is 4.26. The van der Waals surface area contributed by atoms with Gasteiger partial charge in [-0.15, -0.1) is 0 Å². The first-order chi connectivity index (χ1) is 9.08. The van der Waals surface area contributed by atoms with Crippen LogP contribution >= 0.6 is 0 Å². The molecule has 2 aromatic rings. The summed E-state index contributed by atoms with van der Waals surface area (Å²) in [5.41, 5.74) is 0.510. The molecule has 0 saturated carbocycles. The Kier molecular flexibility index (Phi) is 3.75. The number of nitrogens with one attached hydrogen (secondary N) is 1. The molecule has 5 nitrogen and oxygen atoms in total. The molecule has 1 aromatic heterocycles. The lowest BCUT2D eigenvalue weighted by molar-refractivity contribution is 0.0693. The number of hydrogen-bond donors (Lipinski definition) is 2. The minimum Gasteiger partial charge on any atom is -0.477 e. The van der Waals surface area contributed by atoms with Crippen molar-refractivity contribution in [2.75, 3.05) is 0 Å². The number of rotatable bonds is 4. The molecule has 0 aliphatic rings. The van der Waals surface area contributed by atoms with E-state index in [0.29, 0.717) is 12.2 Å². The van der Waals surface area contributed by atoms with Crippen LogP contribution in [-0.4, -0.2) is 21.0 Å². The summed E-state index contributed by atoms with van der Waals surface area (Å²) in [6, 6.07) is 9.83. The highest BCUT2D eigenvalue weighted by Gasteiger charge is 2.14. The topological polar surface area (TPSA) is 83.0 Å². The first-order valence-electron chi connectivity index (χ1n) is 5.95. The van der Waals surface area contributed by atoms with Crippen molar-refractivity contribution < 1.29 is 9.90 Å². The van der Waals surface area contributed by atoms with Gasteiger partial charge >= 0.3 is 5.97 Å². The molecule has 2 rings (SSSR count). The number of carboxylic acid groups (broad SMARTS) is 1. The van der Waals surface area contributed by atoms with Crippen LogP contribution in [0.5, 0.6) is 0 Å². The molecule has 0 saturated heterocycles. The predicted molar refractivity (Wildman–Crippen MR) is 70.4 cm³/mol. The largest absolute Gasteiger partial charge is 0.477 e. The van der Waals surface area contributed by atoms with Crippen molar-refractivity contribution in [3.63, 3.8) is 0 Å². The van der Waals surface area contributed by atoms with Gasteiger partial charge in [-0.25, -0.2) is 9.78 Å². The molecule has 0 unspecified atom stereocenters. The standard InChI is InChI=1S/C14H14N2O3/c1-9-12(14(18)19)13(17)16-11(15-9)8-7-10-5-3-2-4-6-10/h2-6H,7-8H2,1H3,(H,18,19)(H,15,16,17). The van der Waals surface area contributed by atoms with Crippen LogP contribution in [0.3, 0.4) is 0 Å². The van der Waals surface area contributed by atoms with Crippen molar-refractivity contribution in [2.45, 2.75) is 19.8 Å². The van der Waals surface area contributed by atoms with Crippen molar-refractivity contribution in [3.8, 4) is 0 Å². The fraction of sp³-hybridized carbons (Fsp3) is 0.214. The highest BCUT2D eigenvalue weighted by Crippen LogP contribution is 2.05. The number of aromatic amines is 1. The van der Waals surface area contributed by atoms with E-state index in [9.17, 15) is 9.59 Å². The van der Waals surface area contributed by atoms with Crippen LogP contribution in [0.2, 0.25) is 0 Å². The maximum absolute atomic E-state index is 11.6. The first-order valence-corrected chi connectivity index (χ1v) is 5.95. The maximum Gasteiger partial charge on any atom is 0.343 e. The average Bonchev–Trinajstić information content (AvgIpc) is 2.36. The molecule has 98 valence electrons. The summed E-state index contributed by atoms with van der Waals surface area (Å²) in [5.74, 6) is -0.739. The predicted octanol–water partition coefficient (Wildman–Crippen LogP) is 1.56. The van der Waals surface area contributed by atoms with Gasteiger partial charge in [0.25, 0.3) is 5.56 Å². The number of H-pyrrole nitrogens is 1. The number of aromatic carboxylic acids is 1. The number of benzene rings is 1. The van der Waals surface area contributed by atoms with E-state index >= 15 is 0 Å². The second kappa shape index (κ2) is 5.48. The van der Waals surface area contributed by atoms with Crippen molar-refractivity contribution >= 4 is 5.97 Å². The number of nitrogens with zero attached hydrogens (tertiary/aromatic N) is 1. The van der Waals surface area contributed by atoms with Gasteiger partial charge in [-0.3, -0.25) is 4.79 Å². The molecule has 0 aliphatic carbocycles. The van der Waals surface area contributed by atoms with E-state index in [4.69, 9.17) is 5.11 Å². The van der Waals surface area contributed by atoms with Crippen molar-refractivity contribution in [2.24, 2.45) is 0 Å². The number of carbonyl (C=O) groups is 1. The molecule has 5 heteroatoms. The molecule has 0 amide bonds. The Morgan fingerprint density at radius 3 is 2.53 bits per heavy atom. The second-order valence-electron chi connectivity index (χ2n) is 4.26. The van der Waals surface area contributed by atoms with Gasteiger partial charge in [0.05, 0.1) is 5.69 Å². The van der Waals surface area contributed by atoms with E-state index in [1.54, 1.807) is 0 Å². The quantitative estimate of drug-likeness (QED) is 0.871. The van der Waals surface area contributed by atoms with Gasteiger partial charge in [-0.1, -0.05) is 30.3 Å². The fourth-order valence-corrected chi connectivity index (χ4v) is 1.92. The van der Waals surface area contributed by atoms with E-state index in [1.165, 1.54) is 6.92 Å². The Balaban J connectivity index is 2.19. The lowest BCUT2D eigenvalue weighted by atomic mass is 10.1. The number of aromatic nitrogens is 2. The van der Waals surface area contributed by atoms with Crippen LogP contribution in [0.4, 0.5) is 0 Å². The Morgan fingerprint density at radius 1 is 1.26 bits per heavy atom. The monoisotopic (exact) mass is 258 g/mol. The van der Waals surface area contributed by atoms with Crippen LogP contribution < -0.4 is 5.56 Å². The summed E-state index contributed by atoms with van der Waals surface area (Å²) in [7, 11) is 0. The van der Waals surface area contributed by atoms with Crippen LogP contribution in [0.1, 0.15) is 27.4 Å². The van der Waals surface area contributed by atoms with E-state index < -0.39 is 11.5 Å². The summed E-state index contributed by atoms with van der Waals surface area (Å²) in [5, 5.41) is 8.89. The Morgan fingerprint density at radius 2 is 1.95 bits per heavy atom. The number of aryl methyl sites for hydroxylation is 3. The summed E-state index contributed by atoms with van der Waals surface area (Å²) in [6.07, 6.45) is 1.32. The highest BCUT2D eigenvalue weighted by molar-refractivity contribution is 5.88. The normalized spacial score (nSPS) is 10.4. The van der Waals surface area contributed by atoms with E-state index in [-0.39, 0.29) is 11.3 Å². The van der Waals surface area contributed by atoms with Gasteiger partial charge in [0.15, 0.2) is 0 Å². The van der Waals surface area contributed by atoms with Crippen LogP contribution in [0, 0.1) is 6.92 Å². The van der Waals surface area contributed by atoms with Crippen LogP contribution in [0.25, 0.3) is 0 Å². The zero-order valence-electron chi connectivity index (χ0n) is 10.5. The molecule has 0 radical (unpaired) electrons. The van der Waals surface area contributed by atoms with Gasteiger partial charge in [-0.2, -0.15) is 0 Å². The number of hydrogen-bond acceptors (Lipinski definition) is 3. The van der Waals surface area contributed by atoms with Gasteiger partial charge < -0.3 is 10.1 Å². The van der Waals surface area contributed by atoms with E-state index in [2.05, 4.69) is 9.97 Å². The molecule has 0 bridgehead atoms. The third-order valence-corrected chi connectivity index (χ3v) is 2.86. The third-order valence-electron chi connectivity index (χ3n) is 2.86. The zero-order chi connectivity index (χ0) is 13.8. The summed E-state index contributed by atoms with van der Waals surface area (Å²) < 4.78 is 0. The molecule has 2 N–H and O–H groups in total. The van der Waals surface area contributed by atoms with Crippen molar-refractivity contribution in [1.82, 2.24) is 9.97 Å². The Hall–Kier alpha value is -2.43. The summed E-state index contributed by atoms with van der Waals surface area (Å²) in [6.45, 7) is 1.53. The Bertz CT molecular complexity index is 647. The smallest absolute Gasteiger partial charge is 0.343 e. The molecule has 1 heterocycles. The minimum atomic E-state index is -1.25. The molecular weight excluding hydrogens is 244 g/mol. The molecule has 0 spiro atoms. The van der Waals surface area contributed by atoms with E-state index in [0.717, 1.165) is 12.0 Å². The lowest BCUT2D eigenvalue weighted by Gasteiger charge is -2.04. The first kappa shape index (κ1) is 13.0. The zero-order valence-corrected chi connectivity index (χ0v) is 10.5. The SMILES string of the molecule is Cc1nc(CCc2ccccc2)[nH]c(=O)c1C(=O)O. The molecule has 1 aromatic carbocycles. The van der Waals surface area contributed by atoms with Gasteiger partial charge in [0.2, 0.25) is 0 Å². The fourth-order valence-electron chi connectivity index (χ4n) is 1.92. The average molecular weight is 258 g/mol. The van der Waals surface area contributed by atoms with Crippen molar-refractivity contribution in [3.05, 3.63) is 63.3 Å². The molecule has 0 aliphatic heterocycles. The Labute approximate surface area is 110 Å². The number of carboxylic acids is 1. The van der Waals surface area contributed by atoms with Crippen LogP contribution in [0.15, 0.2) is 35.1 Å². The molecule has 0 atom stereocenters. The molecule has 0 fully saturated rings. The van der Waals surface area contributed by atoms with Crippen LogP contribution in [-0.2, 0) is 12.8 Å². The van der Waals surface area contributed by atoms with Gasteiger partial charge in [-0.05, 0) is 18.9 Å². The third kappa shape index (κ3) is 3.07. The summed E-state index contributed by atoms with van der Waals surface area (Å²) in [4.78, 5) is 29.2. The van der Waals surface area contributed by atoms with Crippen molar-refractivity contribution in [1.29, 1.82) is 0 Å². The minimum absolute atomic E-state index is 0.249. The summed E-state index contributed by atoms with van der Waals surface area (Å²) >= 11 is 0.